The van der Waals surface area contributed by atoms with Gasteiger partial charge < -0.3 is 5.11 Å². The van der Waals surface area contributed by atoms with Crippen molar-refractivity contribution < 1.29 is 5.11 Å². The zero-order chi connectivity index (χ0) is 9.35. The highest BCUT2D eigenvalue weighted by Crippen LogP contribution is 2.37. The minimum Gasteiger partial charge on any atom is -0.389 e. The highest BCUT2D eigenvalue weighted by atomic mass is 35.5. The number of rotatable bonds is 1. The van der Waals surface area contributed by atoms with Gasteiger partial charge in [-0.3, -0.25) is 0 Å². The molecule has 2 heteroatoms. The van der Waals surface area contributed by atoms with Crippen LogP contribution in [0.5, 0.6) is 0 Å². The lowest BCUT2D eigenvalue weighted by molar-refractivity contribution is 0.0170. The Bertz CT molecular complexity index is 186. The van der Waals surface area contributed by atoms with E-state index in [4.69, 9.17) is 11.6 Å². The van der Waals surface area contributed by atoms with E-state index < -0.39 is 5.60 Å². The van der Waals surface area contributed by atoms with Crippen molar-refractivity contribution in [2.75, 3.05) is 0 Å². The smallest absolute Gasteiger partial charge is 0.0783 e. The Morgan fingerprint density at radius 1 is 1.67 bits per heavy atom. The number of alkyl halides is 1. The number of aliphatic hydroxyl groups is 1. The second kappa shape index (κ2) is 3.39. The van der Waals surface area contributed by atoms with Gasteiger partial charge in [-0.05, 0) is 39.0 Å². The van der Waals surface area contributed by atoms with E-state index >= 15 is 0 Å². The molecular weight excluding hydrogens is 172 g/mol. The minimum atomic E-state index is -0.673. The van der Waals surface area contributed by atoms with Crippen molar-refractivity contribution in [1.29, 1.82) is 0 Å². The van der Waals surface area contributed by atoms with Crippen molar-refractivity contribution in [2.45, 2.75) is 44.1 Å². The van der Waals surface area contributed by atoms with E-state index in [1.54, 1.807) is 0 Å². The van der Waals surface area contributed by atoms with Crippen LogP contribution in [-0.4, -0.2) is 16.1 Å². The van der Waals surface area contributed by atoms with Crippen molar-refractivity contribution in [3.05, 3.63) is 12.2 Å². The summed E-state index contributed by atoms with van der Waals surface area (Å²) < 4.78 is 0. The van der Waals surface area contributed by atoms with Crippen molar-refractivity contribution in [2.24, 2.45) is 5.92 Å². The zero-order valence-electron chi connectivity index (χ0n) is 7.81. The molecule has 0 aromatic carbocycles. The van der Waals surface area contributed by atoms with Gasteiger partial charge in [0.1, 0.15) is 0 Å². The molecule has 0 unspecified atom stereocenters. The lowest BCUT2D eigenvalue weighted by atomic mass is 9.77. The van der Waals surface area contributed by atoms with Crippen LogP contribution in [0.2, 0.25) is 0 Å². The molecule has 1 N–H and O–H groups in total. The van der Waals surface area contributed by atoms with E-state index in [-0.39, 0.29) is 5.38 Å². The molecule has 0 spiro atoms. The molecule has 1 aliphatic rings. The van der Waals surface area contributed by atoms with E-state index in [0.717, 1.165) is 19.3 Å². The number of allylic oxidation sites excluding steroid dienone is 1. The molecule has 1 saturated carbocycles. The molecule has 70 valence electrons. The third-order valence-corrected chi connectivity index (χ3v) is 3.51. The molecular formula is C10H17ClO. The van der Waals surface area contributed by atoms with E-state index in [9.17, 15) is 5.11 Å². The SMILES string of the molecule is C=C(C)[C@@H]1CC[C@@](C)(O)[C@H](Cl)C1. The normalized spacial score (nSPS) is 42.7. The predicted molar refractivity (Wildman–Crippen MR) is 52.4 cm³/mol. The molecule has 0 aromatic rings. The Labute approximate surface area is 79.4 Å². The molecule has 1 rings (SSSR count). The number of halogens is 1. The summed E-state index contributed by atoms with van der Waals surface area (Å²) in [5, 5.41) is 9.66. The van der Waals surface area contributed by atoms with E-state index in [1.807, 2.05) is 13.8 Å². The molecule has 0 aliphatic heterocycles. The van der Waals surface area contributed by atoms with Gasteiger partial charge in [-0.15, -0.1) is 11.6 Å². The lowest BCUT2D eigenvalue weighted by Crippen LogP contribution is -2.41. The highest BCUT2D eigenvalue weighted by molar-refractivity contribution is 6.21. The van der Waals surface area contributed by atoms with Gasteiger partial charge in [0.2, 0.25) is 0 Å². The fourth-order valence-corrected chi connectivity index (χ4v) is 2.02. The van der Waals surface area contributed by atoms with Crippen LogP contribution in [0.25, 0.3) is 0 Å². The monoisotopic (exact) mass is 188 g/mol. The van der Waals surface area contributed by atoms with Gasteiger partial charge in [-0.1, -0.05) is 12.2 Å². The molecule has 1 aliphatic carbocycles. The quantitative estimate of drug-likeness (QED) is 0.496. The van der Waals surface area contributed by atoms with Gasteiger partial charge in [0, 0.05) is 0 Å². The van der Waals surface area contributed by atoms with Gasteiger partial charge in [-0.25, -0.2) is 0 Å². The standard InChI is InChI=1S/C10H17ClO/c1-7(2)8-4-5-10(3,12)9(11)6-8/h8-9,12H,1,4-6H2,2-3H3/t8-,9-,10-/m1/s1. The zero-order valence-corrected chi connectivity index (χ0v) is 8.56. The van der Waals surface area contributed by atoms with Crippen LogP contribution in [0.3, 0.4) is 0 Å². The second-order valence-electron chi connectivity index (χ2n) is 4.14. The Morgan fingerprint density at radius 2 is 2.25 bits per heavy atom. The minimum absolute atomic E-state index is 0.118. The first kappa shape index (κ1) is 10.1. The first-order valence-corrected chi connectivity index (χ1v) is 4.89. The van der Waals surface area contributed by atoms with Crippen LogP contribution in [0.15, 0.2) is 12.2 Å². The Morgan fingerprint density at radius 3 is 2.67 bits per heavy atom. The first-order chi connectivity index (χ1) is 5.43. The lowest BCUT2D eigenvalue weighted by Gasteiger charge is -2.37. The summed E-state index contributed by atoms with van der Waals surface area (Å²) >= 11 is 6.06. The van der Waals surface area contributed by atoms with Crippen LogP contribution in [-0.2, 0) is 0 Å². The van der Waals surface area contributed by atoms with Crippen LogP contribution >= 0.6 is 11.6 Å². The van der Waals surface area contributed by atoms with Crippen LogP contribution in [0.4, 0.5) is 0 Å². The Balaban J connectivity index is 2.58. The first-order valence-electron chi connectivity index (χ1n) is 4.45. The maximum absolute atomic E-state index is 9.78. The summed E-state index contributed by atoms with van der Waals surface area (Å²) in [5.74, 6) is 0.507. The van der Waals surface area contributed by atoms with Crippen molar-refractivity contribution in [3.8, 4) is 0 Å². The summed E-state index contributed by atoms with van der Waals surface area (Å²) in [6.07, 6.45) is 2.67. The summed E-state index contributed by atoms with van der Waals surface area (Å²) in [5.41, 5.74) is 0.518. The topological polar surface area (TPSA) is 20.2 Å². The predicted octanol–water partition coefficient (Wildman–Crippen LogP) is 2.72. The van der Waals surface area contributed by atoms with Gasteiger partial charge in [0.15, 0.2) is 0 Å². The van der Waals surface area contributed by atoms with Gasteiger partial charge >= 0.3 is 0 Å². The Hall–Kier alpha value is -0.0100. The summed E-state index contributed by atoms with van der Waals surface area (Å²) in [7, 11) is 0. The fraction of sp³-hybridized carbons (Fsp3) is 0.800. The van der Waals surface area contributed by atoms with Crippen molar-refractivity contribution >= 4 is 11.6 Å². The van der Waals surface area contributed by atoms with Crippen LogP contribution < -0.4 is 0 Å². The third kappa shape index (κ3) is 2.02. The Kier molecular flexibility index (Phi) is 2.84. The van der Waals surface area contributed by atoms with Crippen molar-refractivity contribution in [1.82, 2.24) is 0 Å². The molecule has 0 amide bonds. The largest absolute Gasteiger partial charge is 0.389 e. The number of hydrogen-bond donors (Lipinski definition) is 1. The van der Waals surface area contributed by atoms with Gasteiger partial charge in [-0.2, -0.15) is 0 Å². The van der Waals surface area contributed by atoms with Gasteiger partial charge in [0.05, 0.1) is 11.0 Å². The van der Waals surface area contributed by atoms with E-state index in [1.165, 1.54) is 5.57 Å². The molecule has 0 heterocycles. The molecule has 0 radical (unpaired) electrons. The van der Waals surface area contributed by atoms with E-state index in [2.05, 4.69) is 6.58 Å². The maximum Gasteiger partial charge on any atom is 0.0783 e. The van der Waals surface area contributed by atoms with E-state index in [0.29, 0.717) is 5.92 Å². The highest BCUT2D eigenvalue weighted by Gasteiger charge is 2.37. The average molecular weight is 189 g/mol. The van der Waals surface area contributed by atoms with Gasteiger partial charge in [0.25, 0.3) is 0 Å². The van der Waals surface area contributed by atoms with Crippen LogP contribution in [0.1, 0.15) is 33.1 Å². The summed E-state index contributed by atoms with van der Waals surface area (Å²) in [6, 6.07) is 0. The molecule has 0 aromatic heterocycles. The maximum atomic E-state index is 9.78. The van der Waals surface area contributed by atoms with Crippen LogP contribution in [0, 0.1) is 5.92 Å². The molecule has 12 heavy (non-hydrogen) atoms. The number of hydrogen-bond acceptors (Lipinski definition) is 1. The van der Waals surface area contributed by atoms with Crippen molar-refractivity contribution in [3.63, 3.8) is 0 Å². The summed E-state index contributed by atoms with van der Waals surface area (Å²) in [4.78, 5) is 0. The third-order valence-electron chi connectivity index (χ3n) is 2.86. The molecule has 0 saturated heterocycles. The summed E-state index contributed by atoms with van der Waals surface area (Å²) in [6.45, 7) is 7.78. The molecule has 1 nitrogen and oxygen atoms in total. The molecule has 1 fully saturated rings. The molecule has 0 bridgehead atoms. The molecule has 3 atom stereocenters. The second-order valence-corrected chi connectivity index (χ2v) is 4.67. The average Bonchev–Trinajstić information content (AvgIpc) is 1.94. The fourth-order valence-electron chi connectivity index (χ4n) is 1.69.